The zero-order valence-corrected chi connectivity index (χ0v) is 12.7. The third-order valence-electron chi connectivity index (χ3n) is 4.46. The van der Waals surface area contributed by atoms with Gasteiger partial charge in [0.15, 0.2) is 0 Å². The van der Waals surface area contributed by atoms with Crippen LogP contribution >= 0.6 is 0 Å². The minimum absolute atomic E-state index is 0.0297. The average Bonchev–Trinajstić information content (AvgIpc) is 2.92. The molecule has 0 bridgehead atoms. The number of nitrogens with zero attached hydrogens (tertiary/aromatic N) is 4. The third-order valence-corrected chi connectivity index (χ3v) is 4.46. The lowest BCUT2D eigenvalue weighted by molar-refractivity contribution is -0.159. The van der Waals surface area contributed by atoms with Crippen molar-refractivity contribution in [3.8, 4) is 0 Å². The summed E-state index contributed by atoms with van der Waals surface area (Å²) in [5.41, 5.74) is 0. The Kier molecular flexibility index (Phi) is 4.45. The minimum atomic E-state index is -4.62. The molecule has 0 N–H and O–H groups in total. The molecule has 2 fully saturated rings. The lowest BCUT2D eigenvalue weighted by Gasteiger charge is -2.37. The van der Waals surface area contributed by atoms with E-state index in [1.54, 1.807) is 4.90 Å². The monoisotopic (exact) mass is 332 g/mol. The van der Waals surface area contributed by atoms with E-state index >= 15 is 0 Å². The molecule has 0 spiro atoms. The van der Waals surface area contributed by atoms with E-state index in [0.29, 0.717) is 32.4 Å². The summed E-state index contributed by atoms with van der Waals surface area (Å²) in [6, 6.07) is 0.158. The van der Waals surface area contributed by atoms with Crippen LogP contribution in [0.5, 0.6) is 0 Å². The van der Waals surface area contributed by atoms with Crippen molar-refractivity contribution in [2.75, 3.05) is 24.5 Å². The van der Waals surface area contributed by atoms with Gasteiger partial charge in [-0.1, -0.05) is 6.42 Å². The van der Waals surface area contributed by atoms with Crippen LogP contribution in [0.2, 0.25) is 0 Å². The molecule has 0 atom stereocenters. The first-order chi connectivity index (χ1) is 10.9. The summed E-state index contributed by atoms with van der Waals surface area (Å²) in [5, 5.41) is 3.41. The van der Waals surface area contributed by atoms with Crippen LogP contribution in [0.3, 0.4) is 0 Å². The van der Waals surface area contributed by atoms with E-state index in [0.717, 1.165) is 25.8 Å². The number of piperidine rings is 1. The first-order valence-electron chi connectivity index (χ1n) is 7.90. The van der Waals surface area contributed by atoms with Crippen LogP contribution in [0.4, 0.5) is 19.1 Å². The van der Waals surface area contributed by atoms with Gasteiger partial charge in [0.05, 0.1) is 0 Å². The number of rotatable bonds is 2. The second-order valence-electron chi connectivity index (χ2n) is 6.01. The molecule has 2 aliphatic rings. The van der Waals surface area contributed by atoms with Gasteiger partial charge in [-0.05, 0) is 30.8 Å². The van der Waals surface area contributed by atoms with Crippen molar-refractivity contribution < 1.29 is 22.5 Å². The molecule has 1 amide bonds. The first kappa shape index (κ1) is 16.1. The van der Waals surface area contributed by atoms with E-state index < -0.39 is 12.1 Å². The lowest BCUT2D eigenvalue weighted by Crippen LogP contribution is -2.47. The highest BCUT2D eigenvalue weighted by molar-refractivity contribution is 5.76. The van der Waals surface area contributed by atoms with E-state index in [4.69, 9.17) is 0 Å². The van der Waals surface area contributed by atoms with Crippen LogP contribution in [0.1, 0.15) is 44.4 Å². The van der Waals surface area contributed by atoms with Gasteiger partial charge in [0, 0.05) is 32.1 Å². The highest BCUT2D eigenvalue weighted by atomic mass is 19.4. The maximum absolute atomic E-state index is 12.5. The fraction of sp³-hybridized carbons (Fsp3) is 0.786. The lowest BCUT2D eigenvalue weighted by atomic mass is 10.0. The molecule has 0 saturated carbocycles. The summed E-state index contributed by atoms with van der Waals surface area (Å²) in [6.45, 7) is 1.82. The van der Waals surface area contributed by atoms with E-state index in [1.165, 1.54) is 0 Å². The van der Waals surface area contributed by atoms with Gasteiger partial charge >= 0.3 is 12.1 Å². The van der Waals surface area contributed by atoms with Crippen LogP contribution in [0.25, 0.3) is 0 Å². The average molecular weight is 332 g/mol. The number of carbonyl (C=O) groups is 1. The summed E-state index contributed by atoms with van der Waals surface area (Å²) in [7, 11) is 0. The molecular formula is C14H19F3N4O2. The van der Waals surface area contributed by atoms with E-state index in [9.17, 15) is 18.0 Å². The topological polar surface area (TPSA) is 62.5 Å². The maximum atomic E-state index is 12.5. The van der Waals surface area contributed by atoms with Crippen molar-refractivity contribution in [2.24, 2.45) is 0 Å². The van der Waals surface area contributed by atoms with Crippen LogP contribution < -0.4 is 4.90 Å². The van der Waals surface area contributed by atoms with Crippen LogP contribution in [0, 0.1) is 0 Å². The standard InChI is InChI=1S/C14H19F3N4O2/c15-14(16,17)12-18-13(19-23-12)20-8-5-10(6-9-20)21-7-3-1-2-4-11(21)22/h10H,1-9H2. The molecular weight excluding hydrogens is 313 g/mol. The van der Waals surface area contributed by atoms with Gasteiger partial charge in [0.1, 0.15) is 0 Å². The third kappa shape index (κ3) is 3.59. The van der Waals surface area contributed by atoms with Gasteiger partial charge in [0.2, 0.25) is 5.91 Å². The number of halogens is 3. The largest absolute Gasteiger partial charge is 0.471 e. The van der Waals surface area contributed by atoms with E-state index in [-0.39, 0.29) is 17.9 Å². The van der Waals surface area contributed by atoms with Gasteiger partial charge in [0.25, 0.3) is 5.95 Å². The van der Waals surface area contributed by atoms with Gasteiger partial charge in [-0.25, -0.2) is 0 Å². The maximum Gasteiger partial charge on any atom is 0.471 e. The van der Waals surface area contributed by atoms with Crippen molar-refractivity contribution in [1.29, 1.82) is 0 Å². The molecule has 3 rings (SSSR count). The normalized spacial score (nSPS) is 21.6. The van der Waals surface area contributed by atoms with Gasteiger partial charge in [-0.2, -0.15) is 18.2 Å². The highest BCUT2D eigenvalue weighted by Crippen LogP contribution is 2.30. The summed E-state index contributed by atoms with van der Waals surface area (Å²) >= 11 is 0. The van der Waals surface area contributed by atoms with Gasteiger partial charge < -0.3 is 14.3 Å². The molecule has 0 aromatic carbocycles. The minimum Gasteiger partial charge on any atom is -0.340 e. The van der Waals surface area contributed by atoms with E-state index in [2.05, 4.69) is 14.7 Å². The molecule has 1 aromatic heterocycles. The molecule has 2 aliphatic heterocycles. The number of hydrogen-bond donors (Lipinski definition) is 0. The second-order valence-corrected chi connectivity index (χ2v) is 6.01. The van der Waals surface area contributed by atoms with Crippen LogP contribution in [-0.2, 0) is 11.0 Å². The Morgan fingerprint density at radius 1 is 1.09 bits per heavy atom. The number of hydrogen-bond acceptors (Lipinski definition) is 5. The molecule has 23 heavy (non-hydrogen) atoms. The smallest absolute Gasteiger partial charge is 0.340 e. The number of aromatic nitrogens is 2. The predicted octanol–water partition coefficient (Wildman–Crippen LogP) is 2.46. The number of carbonyl (C=O) groups excluding carboxylic acids is 1. The number of amides is 1. The molecule has 2 saturated heterocycles. The van der Waals surface area contributed by atoms with Crippen molar-refractivity contribution >= 4 is 11.9 Å². The highest BCUT2D eigenvalue weighted by Gasteiger charge is 2.39. The SMILES string of the molecule is O=C1CCCCCN1C1CCN(c2noc(C(F)(F)F)n2)CC1. The number of alkyl halides is 3. The predicted molar refractivity (Wildman–Crippen MR) is 74.7 cm³/mol. The quantitative estimate of drug-likeness (QED) is 0.832. The van der Waals surface area contributed by atoms with Gasteiger partial charge in [-0.3, -0.25) is 4.79 Å². The number of anilines is 1. The van der Waals surface area contributed by atoms with Crippen molar-refractivity contribution in [3.63, 3.8) is 0 Å². The van der Waals surface area contributed by atoms with Crippen molar-refractivity contribution in [3.05, 3.63) is 5.89 Å². The molecule has 6 nitrogen and oxygen atoms in total. The molecule has 9 heteroatoms. The van der Waals surface area contributed by atoms with Crippen molar-refractivity contribution in [2.45, 2.75) is 50.7 Å². The number of likely N-dealkylation sites (tertiary alicyclic amines) is 1. The fourth-order valence-corrected chi connectivity index (χ4v) is 3.23. The summed E-state index contributed by atoms with van der Waals surface area (Å²) in [4.78, 5) is 19.2. The molecule has 0 aliphatic carbocycles. The zero-order chi connectivity index (χ0) is 16.4. The Bertz CT molecular complexity index is 552. The molecule has 128 valence electrons. The summed E-state index contributed by atoms with van der Waals surface area (Å²) in [6.07, 6.45) is 0.429. The van der Waals surface area contributed by atoms with Crippen molar-refractivity contribution in [1.82, 2.24) is 15.0 Å². The molecule has 0 unspecified atom stereocenters. The Morgan fingerprint density at radius 2 is 1.83 bits per heavy atom. The molecule has 0 radical (unpaired) electrons. The van der Waals surface area contributed by atoms with Gasteiger partial charge in [-0.15, -0.1) is 0 Å². The summed E-state index contributed by atoms with van der Waals surface area (Å²) in [5.74, 6) is -1.16. The Hall–Kier alpha value is -1.80. The van der Waals surface area contributed by atoms with E-state index in [1.807, 2.05) is 4.90 Å². The first-order valence-corrected chi connectivity index (χ1v) is 7.90. The second kappa shape index (κ2) is 6.37. The fourth-order valence-electron chi connectivity index (χ4n) is 3.23. The Morgan fingerprint density at radius 3 is 2.48 bits per heavy atom. The molecule has 1 aromatic rings. The zero-order valence-electron chi connectivity index (χ0n) is 12.7. The summed E-state index contributed by atoms with van der Waals surface area (Å²) < 4.78 is 41.8. The Balaban J connectivity index is 1.60. The molecule has 3 heterocycles. The van der Waals surface area contributed by atoms with Crippen LogP contribution in [0.15, 0.2) is 4.52 Å². The Labute approximate surface area is 131 Å². The van der Waals surface area contributed by atoms with Crippen LogP contribution in [-0.4, -0.2) is 46.6 Å².